The fraction of sp³-hybridized carbons (Fsp3) is 0.333. The molecule has 0 amide bonds. The highest BCUT2D eigenvalue weighted by Gasteiger charge is 2.05. The number of pyridine rings is 2. The lowest BCUT2D eigenvalue weighted by Crippen LogP contribution is -2.19. The van der Waals surface area contributed by atoms with Gasteiger partial charge in [-0.2, -0.15) is 0 Å². The van der Waals surface area contributed by atoms with Crippen LogP contribution in [0.1, 0.15) is 17.0 Å². The normalized spacial score (nSPS) is 10.5. The van der Waals surface area contributed by atoms with E-state index in [1.165, 1.54) is 5.56 Å². The molecule has 4 nitrogen and oxygen atoms in total. The van der Waals surface area contributed by atoms with Crippen LogP contribution >= 0.6 is 0 Å². The van der Waals surface area contributed by atoms with Gasteiger partial charge < -0.3 is 10.2 Å². The summed E-state index contributed by atoms with van der Waals surface area (Å²) in [5.74, 6) is 0.969. The quantitative estimate of drug-likeness (QED) is 0.890. The lowest BCUT2D eigenvalue weighted by atomic mass is 10.2. The minimum atomic E-state index is 0.762. The smallest absolute Gasteiger partial charge is 0.128 e. The second-order valence-corrected chi connectivity index (χ2v) is 4.68. The van der Waals surface area contributed by atoms with Crippen molar-refractivity contribution in [3.63, 3.8) is 0 Å². The molecule has 0 aromatic carbocycles. The van der Waals surface area contributed by atoms with Gasteiger partial charge in [0.2, 0.25) is 0 Å². The zero-order valence-corrected chi connectivity index (χ0v) is 11.7. The van der Waals surface area contributed by atoms with Gasteiger partial charge in [0, 0.05) is 25.5 Å². The van der Waals surface area contributed by atoms with Crippen LogP contribution in [0.3, 0.4) is 0 Å². The fourth-order valence-corrected chi connectivity index (χ4v) is 1.99. The van der Waals surface area contributed by atoms with Crippen molar-refractivity contribution in [1.82, 2.24) is 15.3 Å². The first kappa shape index (κ1) is 13.5. The molecule has 0 unspecified atom stereocenters. The number of nitrogens with one attached hydrogen (secondary N) is 1. The van der Waals surface area contributed by atoms with Gasteiger partial charge in [0.1, 0.15) is 5.82 Å². The molecule has 0 atom stereocenters. The Bertz CT molecular complexity index is 539. The molecular weight excluding hydrogens is 236 g/mol. The second-order valence-electron chi connectivity index (χ2n) is 4.68. The van der Waals surface area contributed by atoms with Crippen LogP contribution in [0.25, 0.3) is 0 Å². The number of nitrogens with zero attached hydrogens (tertiary/aromatic N) is 3. The van der Waals surface area contributed by atoms with Gasteiger partial charge in [-0.05, 0) is 43.8 Å². The maximum absolute atomic E-state index is 4.52. The van der Waals surface area contributed by atoms with E-state index in [0.29, 0.717) is 0 Å². The number of hydrogen-bond acceptors (Lipinski definition) is 4. The average molecular weight is 256 g/mol. The first-order valence-corrected chi connectivity index (χ1v) is 6.42. The number of rotatable bonds is 5. The topological polar surface area (TPSA) is 41.1 Å². The van der Waals surface area contributed by atoms with Gasteiger partial charge in [0.25, 0.3) is 0 Å². The van der Waals surface area contributed by atoms with Crippen molar-refractivity contribution in [1.29, 1.82) is 0 Å². The Hall–Kier alpha value is -1.94. The molecule has 0 saturated heterocycles. The number of aromatic nitrogens is 2. The van der Waals surface area contributed by atoms with Crippen LogP contribution in [0, 0.1) is 6.92 Å². The summed E-state index contributed by atoms with van der Waals surface area (Å²) in [6.45, 7) is 3.62. The number of hydrogen-bond donors (Lipinski definition) is 1. The molecule has 0 bridgehead atoms. The molecule has 0 aliphatic rings. The van der Waals surface area contributed by atoms with Crippen LogP contribution in [-0.2, 0) is 13.1 Å². The van der Waals surface area contributed by atoms with Gasteiger partial charge in [-0.1, -0.05) is 6.07 Å². The van der Waals surface area contributed by atoms with E-state index in [0.717, 1.165) is 30.3 Å². The first-order chi connectivity index (χ1) is 9.19. The summed E-state index contributed by atoms with van der Waals surface area (Å²) >= 11 is 0. The predicted molar refractivity (Wildman–Crippen MR) is 78.1 cm³/mol. The van der Waals surface area contributed by atoms with Crippen molar-refractivity contribution in [2.75, 3.05) is 19.0 Å². The van der Waals surface area contributed by atoms with Gasteiger partial charge in [0.05, 0.1) is 12.2 Å². The molecule has 0 radical (unpaired) electrons. The highest BCUT2D eigenvalue weighted by molar-refractivity contribution is 5.40. The highest BCUT2D eigenvalue weighted by Crippen LogP contribution is 2.13. The molecule has 2 rings (SSSR count). The summed E-state index contributed by atoms with van der Waals surface area (Å²) in [7, 11) is 3.98. The molecule has 0 aliphatic carbocycles. The Labute approximate surface area is 114 Å². The molecule has 4 heteroatoms. The minimum absolute atomic E-state index is 0.762. The third kappa shape index (κ3) is 3.76. The fourth-order valence-electron chi connectivity index (χ4n) is 1.99. The summed E-state index contributed by atoms with van der Waals surface area (Å²) < 4.78 is 0. The lowest BCUT2D eigenvalue weighted by Gasteiger charge is -2.18. The Balaban J connectivity index is 2.11. The van der Waals surface area contributed by atoms with E-state index in [1.807, 2.05) is 51.5 Å². The van der Waals surface area contributed by atoms with Crippen molar-refractivity contribution < 1.29 is 0 Å². The monoisotopic (exact) mass is 256 g/mol. The highest BCUT2D eigenvalue weighted by atomic mass is 15.2. The van der Waals surface area contributed by atoms with Crippen LogP contribution in [0.2, 0.25) is 0 Å². The van der Waals surface area contributed by atoms with E-state index in [1.54, 1.807) is 0 Å². The molecule has 0 fully saturated rings. The van der Waals surface area contributed by atoms with Crippen LogP contribution in [0.5, 0.6) is 0 Å². The van der Waals surface area contributed by atoms with Crippen LogP contribution < -0.4 is 10.2 Å². The lowest BCUT2D eigenvalue weighted by molar-refractivity contribution is 0.809. The van der Waals surface area contributed by atoms with Crippen molar-refractivity contribution >= 4 is 5.82 Å². The summed E-state index contributed by atoms with van der Waals surface area (Å²) in [6, 6.07) is 10.2. The summed E-state index contributed by atoms with van der Waals surface area (Å²) in [6.07, 6.45) is 1.85. The Kier molecular flexibility index (Phi) is 4.47. The van der Waals surface area contributed by atoms with E-state index in [9.17, 15) is 0 Å². The van der Waals surface area contributed by atoms with E-state index < -0.39 is 0 Å². The predicted octanol–water partition coefficient (Wildman–Crippen LogP) is 2.14. The first-order valence-electron chi connectivity index (χ1n) is 6.42. The number of aryl methyl sites for hydroxylation is 1. The average Bonchev–Trinajstić information content (AvgIpc) is 2.39. The minimum Gasteiger partial charge on any atom is -0.354 e. The molecule has 2 heterocycles. The maximum atomic E-state index is 4.52. The molecule has 0 saturated carbocycles. The number of anilines is 1. The largest absolute Gasteiger partial charge is 0.354 e. The van der Waals surface area contributed by atoms with Crippen LogP contribution in [0.4, 0.5) is 5.82 Å². The van der Waals surface area contributed by atoms with E-state index in [4.69, 9.17) is 0 Å². The Morgan fingerprint density at radius 3 is 2.84 bits per heavy atom. The van der Waals surface area contributed by atoms with E-state index in [2.05, 4.69) is 26.3 Å². The molecule has 0 spiro atoms. The molecule has 0 aliphatic heterocycles. The van der Waals surface area contributed by atoms with Gasteiger partial charge >= 0.3 is 0 Å². The summed E-state index contributed by atoms with van der Waals surface area (Å²) in [5, 5.41) is 3.15. The van der Waals surface area contributed by atoms with Gasteiger partial charge in [-0.15, -0.1) is 0 Å². The molecule has 100 valence electrons. The second kappa shape index (κ2) is 6.29. The third-order valence-electron chi connectivity index (χ3n) is 2.93. The van der Waals surface area contributed by atoms with E-state index >= 15 is 0 Å². The van der Waals surface area contributed by atoms with Crippen LogP contribution in [-0.4, -0.2) is 24.1 Å². The Morgan fingerprint density at radius 1 is 1.26 bits per heavy atom. The third-order valence-corrected chi connectivity index (χ3v) is 2.93. The summed E-state index contributed by atoms with van der Waals surface area (Å²) in [5.41, 5.74) is 3.34. The van der Waals surface area contributed by atoms with Gasteiger partial charge in [-0.3, -0.25) is 4.98 Å². The van der Waals surface area contributed by atoms with Crippen LogP contribution in [0.15, 0.2) is 36.5 Å². The molecule has 2 aromatic heterocycles. The molecule has 19 heavy (non-hydrogen) atoms. The molecule has 2 aromatic rings. The zero-order chi connectivity index (χ0) is 13.7. The maximum Gasteiger partial charge on any atom is 0.128 e. The van der Waals surface area contributed by atoms with Crippen molar-refractivity contribution in [3.05, 3.63) is 53.5 Å². The van der Waals surface area contributed by atoms with Gasteiger partial charge in [-0.25, -0.2) is 4.98 Å². The van der Waals surface area contributed by atoms with Crippen molar-refractivity contribution in [2.45, 2.75) is 20.0 Å². The van der Waals surface area contributed by atoms with Gasteiger partial charge in [0.15, 0.2) is 0 Å². The van der Waals surface area contributed by atoms with Crippen molar-refractivity contribution in [2.24, 2.45) is 0 Å². The van der Waals surface area contributed by atoms with E-state index in [-0.39, 0.29) is 0 Å². The van der Waals surface area contributed by atoms with Crippen molar-refractivity contribution in [3.8, 4) is 0 Å². The zero-order valence-electron chi connectivity index (χ0n) is 11.7. The Morgan fingerprint density at radius 2 is 2.11 bits per heavy atom. The molecular formula is C15H20N4. The molecule has 1 N–H and O–H groups in total. The SMILES string of the molecule is CNCc1ccnc(N(C)Cc2cccc(C)n2)c1. The summed E-state index contributed by atoms with van der Waals surface area (Å²) in [4.78, 5) is 11.0. The standard InChI is InChI=1S/C15H20N4/c1-12-5-4-6-14(18-12)11-19(3)15-9-13(10-16-2)7-8-17-15/h4-9,16H,10-11H2,1-3H3.